The summed E-state index contributed by atoms with van der Waals surface area (Å²) in [5, 5.41) is 4.99. The van der Waals surface area contributed by atoms with E-state index in [0.717, 1.165) is 11.3 Å². The van der Waals surface area contributed by atoms with Gasteiger partial charge in [0, 0.05) is 18.8 Å². The fraction of sp³-hybridized carbons (Fsp3) is 0.182. The van der Waals surface area contributed by atoms with Crippen LogP contribution in [-0.2, 0) is 7.05 Å². The summed E-state index contributed by atoms with van der Waals surface area (Å²) in [4.78, 5) is 0. The normalized spacial score (nSPS) is 10.5. The molecule has 1 aromatic heterocycles. The average Bonchev–Trinajstić information content (AvgIpc) is 2.69. The second-order valence-electron chi connectivity index (χ2n) is 3.28. The van der Waals surface area contributed by atoms with Crippen LogP contribution >= 0.6 is 23.2 Å². The van der Waals surface area contributed by atoms with Crippen LogP contribution in [0, 0.1) is 0 Å². The number of aromatic nitrogens is 2. The lowest BCUT2D eigenvalue weighted by atomic mass is 10.1. The smallest absolute Gasteiger partial charge is 0.139 e. The van der Waals surface area contributed by atoms with Crippen LogP contribution in [0.4, 0.5) is 0 Å². The van der Waals surface area contributed by atoms with E-state index in [0.29, 0.717) is 15.8 Å². The number of ether oxygens (including phenoxy) is 1. The third kappa shape index (κ3) is 1.77. The van der Waals surface area contributed by atoms with Gasteiger partial charge in [0.15, 0.2) is 0 Å². The molecule has 0 spiro atoms. The number of halogens is 2. The van der Waals surface area contributed by atoms with Gasteiger partial charge in [-0.2, -0.15) is 5.10 Å². The van der Waals surface area contributed by atoms with Gasteiger partial charge in [-0.25, -0.2) is 0 Å². The van der Waals surface area contributed by atoms with Gasteiger partial charge in [0.2, 0.25) is 0 Å². The highest BCUT2D eigenvalue weighted by Crippen LogP contribution is 2.38. The van der Waals surface area contributed by atoms with Crippen molar-refractivity contribution in [3.63, 3.8) is 0 Å². The quantitative estimate of drug-likeness (QED) is 0.824. The van der Waals surface area contributed by atoms with Gasteiger partial charge in [-0.3, -0.25) is 4.68 Å². The van der Waals surface area contributed by atoms with E-state index >= 15 is 0 Å². The van der Waals surface area contributed by atoms with Gasteiger partial charge < -0.3 is 4.74 Å². The monoisotopic (exact) mass is 256 g/mol. The second kappa shape index (κ2) is 4.36. The van der Waals surface area contributed by atoms with E-state index in [1.165, 1.54) is 0 Å². The van der Waals surface area contributed by atoms with E-state index in [4.69, 9.17) is 27.9 Å². The average molecular weight is 257 g/mol. The summed E-state index contributed by atoms with van der Waals surface area (Å²) in [6, 6.07) is 5.53. The Hall–Kier alpha value is -1.19. The second-order valence-corrected chi connectivity index (χ2v) is 4.04. The first-order valence-electron chi connectivity index (χ1n) is 4.65. The van der Waals surface area contributed by atoms with E-state index in [1.54, 1.807) is 24.1 Å². The van der Waals surface area contributed by atoms with Crippen molar-refractivity contribution < 1.29 is 4.74 Å². The largest absolute Gasteiger partial charge is 0.495 e. The molecular weight excluding hydrogens is 247 g/mol. The van der Waals surface area contributed by atoms with Gasteiger partial charge in [0.1, 0.15) is 10.8 Å². The lowest BCUT2D eigenvalue weighted by Gasteiger charge is -2.09. The summed E-state index contributed by atoms with van der Waals surface area (Å²) in [6.07, 6.45) is 1.71. The summed E-state index contributed by atoms with van der Waals surface area (Å²) in [5.74, 6) is 0.567. The Morgan fingerprint density at radius 2 is 1.94 bits per heavy atom. The molecule has 1 aromatic carbocycles. The molecular formula is C11H10Cl2N2O. The number of hydrogen-bond acceptors (Lipinski definition) is 2. The third-order valence-electron chi connectivity index (χ3n) is 2.36. The SMILES string of the molecule is COc1ccc(-c2ccnn2C)c(Cl)c1Cl. The molecule has 0 aliphatic rings. The number of nitrogens with zero attached hydrogens (tertiary/aromatic N) is 2. The molecule has 16 heavy (non-hydrogen) atoms. The topological polar surface area (TPSA) is 27.1 Å². The highest BCUT2D eigenvalue weighted by atomic mass is 35.5. The van der Waals surface area contributed by atoms with Gasteiger partial charge in [0.25, 0.3) is 0 Å². The molecule has 0 bridgehead atoms. The van der Waals surface area contributed by atoms with Gasteiger partial charge in [-0.15, -0.1) is 0 Å². The molecule has 0 amide bonds. The van der Waals surface area contributed by atoms with Gasteiger partial charge in [-0.05, 0) is 18.2 Å². The molecule has 5 heteroatoms. The Kier molecular flexibility index (Phi) is 3.08. The van der Waals surface area contributed by atoms with E-state index in [2.05, 4.69) is 5.10 Å². The molecule has 0 aliphatic carbocycles. The van der Waals surface area contributed by atoms with Gasteiger partial charge >= 0.3 is 0 Å². The van der Waals surface area contributed by atoms with Crippen molar-refractivity contribution in [3.05, 3.63) is 34.4 Å². The predicted octanol–water partition coefficient (Wildman–Crippen LogP) is 3.40. The van der Waals surface area contributed by atoms with E-state index < -0.39 is 0 Å². The molecule has 0 aliphatic heterocycles. The van der Waals surface area contributed by atoms with Crippen molar-refractivity contribution in [3.8, 4) is 17.0 Å². The molecule has 0 N–H and O–H groups in total. The lowest BCUT2D eigenvalue weighted by Crippen LogP contribution is -1.94. The van der Waals surface area contributed by atoms with Crippen LogP contribution in [0.15, 0.2) is 24.4 Å². The number of aryl methyl sites for hydroxylation is 1. The molecule has 84 valence electrons. The van der Waals surface area contributed by atoms with Crippen molar-refractivity contribution in [2.45, 2.75) is 0 Å². The molecule has 2 rings (SSSR count). The highest BCUT2D eigenvalue weighted by molar-refractivity contribution is 6.44. The molecule has 1 heterocycles. The minimum absolute atomic E-state index is 0.419. The molecule has 0 saturated heterocycles. The number of rotatable bonds is 2. The van der Waals surface area contributed by atoms with Crippen LogP contribution in [0.1, 0.15) is 0 Å². The number of methoxy groups -OCH3 is 1. The maximum atomic E-state index is 6.19. The van der Waals surface area contributed by atoms with Crippen LogP contribution in [-0.4, -0.2) is 16.9 Å². The Balaban J connectivity index is 2.60. The maximum Gasteiger partial charge on any atom is 0.139 e. The minimum Gasteiger partial charge on any atom is -0.495 e. The summed E-state index contributed by atoms with van der Waals surface area (Å²) in [6.45, 7) is 0. The molecule has 0 atom stereocenters. The van der Waals surface area contributed by atoms with E-state index in [-0.39, 0.29) is 0 Å². The van der Waals surface area contributed by atoms with Crippen LogP contribution in [0.3, 0.4) is 0 Å². The van der Waals surface area contributed by atoms with Crippen LogP contribution in [0.2, 0.25) is 10.0 Å². The Bertz CT molecular complexity index is 523. The first-order valence-corrected chi connectivity index (χ1v) is 5.41. The third-order valence-corrected chi connectivity index (χ3v) is 3.23. The first-order chi connectivity index (χ1) is 7.65. The fourth-order valence-electron chi connectivity index (χ4n) is 1.53. The lowest BCUT2D eigenvalue weighted by molar-refractivity contribution is 0.415. The molecule has 3 nitrogen and oxygen atoms in total. The van der Waals surface area contributed by atoms with Crippen LogP contribution in [0.5, 0.6) is 5.75 Å². The Morgan fingerprint density at radius 1 is 1.19 bits per heavy atom. The summed E-state index contributed by atoms with van der Waals surface area (Å²) < 4.78 is 6.83. The van der Waals surface area contributed by atoms with Gasteiger partial charge in [0.05, 0.1) is 17.8 Å². The molecule has 0 radical (unpaired) electrons. The molecule has 0 saturated carbocycles. The zero-order valence-electron chi connectivity index (χ0n) is 8.87. The van der Waals surface area contributed by atoms with Gasteiger partial charge in [-0.1, -0.05) is 23.2 Å². The van der Waals surface area contributed by atoms with E-state index in [1.807, 2.05) is 19.2 Å². The molecule has 0 unspecified atom stereocenters. The zero-order valence-corrected chi connectivity index (χ0v) is 10.4. The first kappa shape index (κ1) is 11.3. The standard InChI is InChI=1S/C11H10Cl2N2O/c1-15-8(5-6-14-15)7-3-4-9(16-2)11(13)10(7)12/h3-6H,1-2H3. The summed E-state index contributed by atoms with van der Waals surface area (Å²) in [5.41, 5.74) is 1.75. The summed E-state index contributed by atoms with van der Waals surface area (Å²) >= 11 is 12.3. The fourth-order valence-corrected chi connectivity index (χ4v) is 2.02. The predicted molar refractivity (Wildman–Crippen MR) is 65.2 cm³/mol. The van der Waals surface area contributed by atoms with Crippen LogP contribution < -0.4 is 4.74 Å². The summed E-state index contributed by atoms with van der Waals surface area (Å²) in [7, 11) is 3.41. The zero-order chi connectivity index (χ0) is 11.7. The number of benzene rings is 1. The van der Waals surface area contributed by atoms with E-state index in [9.17, 15) is 0 Å². The van der Waals surface area contributed by atoms with Crippen molar-refractivity contribution >= 4 is 23.2 Å². The number of hydrogen-bond donors (Lipinski definition) is 0. The maximum absolute atomic E-state index is 6.19. The highest BCUT2D eigenvalue weighted by Gasteiger charge is 2.13. The molecule has 0 fully saturated rings. The van der Waals surface area contributed by atoms with Crippen molar-refractivity contribution in [1.29, 1.82) is 0 Å². The minimum atomic E-state index is 0.419. The van der Waals surface area contributed by atoms with Crippen LogP contribution in [0.25, 0.3) is 11.3 Å². The van der Waals surface area contributed by atoms with Crippen molar-refractivity contribution in [2.75, 3.05) is 7.11 Å². The van der Waals surface area contributed by atoms with Crippen molar-refractivity contribution in [1.82, 2.24) is 9.78 Å². The Labute approximate surface area is 104 Å². The molecule has 2 aromatic rings. The Morgan fingerprint density at radius 3 is 2.50 bits per heavy atom. The van der Waals surface area contributed by atoms with Crippen molar-refractivity contribution in [2.24, 2.45) is 7.05 Å².